The molecule has 19 heavy (non-hydrogen) atoms. The zero-order valence-electron chi connectivity index (χ0n) is 12.9. The number of pyridine rings is 1. The fraction of sp³-hybridized carbons (Fsp3) is 0.667. The van der Waals surface area contributed by atoms with Gasteiger partial charge in [0.2, 0.25) is 0 Å². The maximum absolute atomic E-state index is 6.06. The van der Waals surface area contributed by atoms with Gasteiger partial charge in [0.05, 0.1) is 0 Å². The standard InChI is InChI=1S/C12H18N3.3CH3.Sn/c1-9-4-3-5-12(14-9)15-7-6-11(13)8-10(15)2;;;;/h4-5,10-11H,6-8,13H2,1-2H3;3*1H3;. The van der Waals surface area contributed by atoms with Crippen molar-refractivity contribution in [3.05, 3.63) is 17.8 Å². The van der Waals surface area contributed by atoms with E-state index in [0.29, 0.717) is 12.1 Å². The SMILES string of the molecule is Cc1c[c]([Sn]([CH3])([CH3])[CH3])cc(N2CCC(N)CC2C)n1. The molecular weight excluding hydrogens is 341 g/mol. The first-order chi connectivity index (χ1) is 8.77. The molecule has 0 amide bonds. The van der Waals surface area contributed by atoms with Crippen molar-refractivity contribution < 1.29 is 0 Å². The van der Waals surface area contributed by atoms with Gasteiger partial charge < -0.3 is 0 Å². The van der Waals surface area contributed by atoms with Crippen LogP contribution in [0.5, 0.6) is 0 Å². The van der Waals surface area contributed by atoms with Crippen LogP contribution in [0, 0.1) is 6.92 Å². The molecule has 1 aromatic rings. The maximum atomic E-state index is 6.06. The van der Waals surface area contributed by atoms with E-state index >= 15 is 0 Å². The summed E-state index contributed by atoms with van der Waals surface area (Å²) >= 11 is -2.03. The summed E-state index contributed by atoms with van der Waals surface area (Å²) in [6.07, 6.45) is 2.15. The molecule has 0 saturated carbocycles. The zero-order valence-corrected chi connectivity index (χ0v) is 15.8. The summed E-state index contributed by atoms with van der Waals surface area (Å²) in [5.74, 6) is 1.17. The third-order valence-electron chi connectivity index (χ3n) is 4.02. The Morgan fingerprint density at radius 1 is 1.32 bits per heavy atom. The molecule has 0 radical (unpaired) electrons. The summed E-state index contributed by atoms with van der Waals surface area (Å²) in [5.41, 5.74) is 7.21. The molecule has 0 spiro atoms. The van der Waals surface area contributed by atoms with Crippen LogP contribution in [-0.2, 0) is 0 Å². The van der Waals surface area contributed by atoms with E-state index in [1.165, 1.54) is 5.82 Å². The molecule has 0 bridgehead atoms. The average Bonchev–Trinajstić information content (AvgIpc) is 2.26. The Morgan fingerprint density at radius 2 is 2.00 bits per heavy atom. The molecule has 2 N–H and O–H groups in total. The number of nitrogens with zero attached hydrogens (tertiary/aromatic N) is 2. The third kappa shape index (κ3) is 3.63. The third-order valence-corrected chi connectivity index (χ3v) is 9.78. The summed E-state index contributed by atoms with van der Waals surface area (Å²) in [6.45, 7) is 5.42. The van der Waals surface area contributed by atoms with Gasteiger partial charge in [-0.1, -0.05) is 0 Å². The Morgan fingerprint density at radius 3 is 2.58 bits per heavy atom. The second-order valence-corrected chi connectivity index (χ2v) is 21.4. The van der Waals surface area contributed by atoms with Crippen molar-refractivity contribution in [3.63, 3.8) is 0 Å². The number of aryl methyl sites for hydroxylation is 1. The molecule has 4 heteroatoms. The molecule has 3 nitrogen and oxygen atoms in total. The number of anilines is 1. The Labute approximate surface area is 121 Å². The van der Waals surface area contributed by atoms with Crippen molar-refractivity contribution in [1.82, 2.24) is 4.98 Å². The predicted molar refractivity (Wildman–Crippen MR) is 86.0 cm³/mol. The van der Waals surface area contributed by atoms with Crippen LogP contribution in [0.1, 0.15) is 25.5 Å². The molecule has 1 fully saturated rings. The minimum absolute atomic E-state index is 0.359. The van der Waals surface area contributed by atoms with Crippen molar-refractivity contribution in [2.24, 2.45) is 5.73 Å². The quantitative estimate of drug-likeness (QED) is 0.815. The van der Waals surface area contributed by atoms with Crippen molar-refractivity contribution in [2.75, 3.05) is 11.4 Å². The van der Waals surface area contributed by atoms with E-state index in [-0.39, 0.29) is 0 Å². The van der Waals surface area contributed by atoms with Gasteiger partial charge in [-0.05, 0) is 0 Å². The normalized spacial score (nSPS) is 24.6. The number of piperidine rings is 1. The van der Waals surface area contributed by atoms with E-state index in [1.54, 1.807) is 3.58 Å². The van der Waals surface area contributed by atoms with Crippen LogP contribution < -0.4 is 14.2 Å². The molecule has 1 aliphatic rings. The number of aromatic nitrogens is 1. The Balaban J connectivity index is 2.32. The molecular formula is C15H27N3Sn. The minimum atomic E-state index is -2.03. The first-order valence-corrected chi connectivity index (χ1v) is 17.3. The molecule has 2 atom stereocenters. The van der Waals surface area contributed by atoms with Gasteiger partial charge >= 0.3 is 121 Å². The zero-order chi connectivity index (χ0) is 14.2. The number of hydrogen-bond donors (Lipinski definition) is 1. The van der Waals surface area contributed by atoms with E-state index in [2.05, 4.69) is 45.7 Å². The monoisotopic (exact) mass is 369 g/mol. The van der Waals surface area contributed by atoms with E-state index in [1.807, 2.05) is 0 Å². The molecule has 0 aromatic carbocycles. The fourth-order valence-electron chi connectivity index (χ4n) is 2.78. The predicted octanol–water partition coefficient (Wildman–Crippen LogP) is 2.25. The van der Waals surface area contributed by atoms with Gasteiger partial charge in [0.15, 0.2) is 0 Å². The Bertz CT molecular complexity index is 453. The van der Waals surface area contributed by atoms with Crippen molar-refractivity contribution in [3.8, 4) is 0 Å². The molecule has 106 valence electrons. The van der Waals surface area contributed by atoms with Crippen LogP contribution in [0.2, 0.25) is 14.8 Å². The Kier molecular flexibility index (Phi) is 4.45. The van der Waals surface area contributed by atoms with Gasteiger partial charge in [-0.2, -0.15) is 0 Å². The average molecular weight is 368 g/mol. The van der Waals surface area contributed by atoms with Crippen LogP contribution in [0.25, 0.3) is 0 Å². The summed E-state index contributed by atoms with van der Waals surface area (Å²) in [7, 11) is 0. The van der Waals surface area contributed by atoms with Gasteiger partial charge in [-0.15, -0.1) is 0 Å². The van der Waals surface area contributed by atoms with Gasteiger partial charge in [-0.3, -0.25) is 0 Å². The van der Waals surface area contributed by atoms with Gasteiger partial charge in [0.25, 0.3) is 0 Å². The van der Waals surface area contributed by atoms with E-state index < -0.39 is 18.4 Å². The van der Waals surface area contributed by atoms with Gasteiger partial charge in [-0.25, -0.2) is 0 Å². The second kappa shape index (κ2) is 5.60. The van der Waals surface area contributed by atoms with E-state index in [4.69, 9.17) is 10.7 Å². The van der Waals surface area contributed by atoms with Crippen molar-refractivity contribution in [1.29, 1.82) is 0 Å². The molecule has 2 heterocycles. The topological polar surface area (TPSA) is 42.1 Å². The molecule has 1 aliphatic heterocycles. The number of hydrogen-bond acceptors (Lipinski definition) is 3. The van der Waals surface area contributed by atoms with E-state index in [0.717, 1.165) is 25.1 Å². The molecule has 1 aromatic heterocycles. The summed E-state index contributed by atoms with van der Waals surface area (Å²) in [6, 6.07) is 5.49. The first kappa shape index (κ1) is 15.1. The van der Waals surface area contributed by atoms with E-state index in [9.17, 15) is 0 Å². The number of nitrogens with two attached hydrogens (primary N) is 1. The van der Waals surface area contributed by atoms with Crippen LogP contribution in [0.3, 0.4) is 0 Å². The van der Waals surface area contributed by atoms with Crippen molar-refractivity contribution in [2.45, 2.75) is 53.6 Å². The van der Waals surface area contributed by atoms with Crippen LogP contribution in [0.4, 0.5) is 5.82 Å². The van der Waals surface area contributed by atoms with Crippen LogP contribution in [0.15, 0.2) is 12.1 Å². The fourth-order valence-corrected chi connectivity index (χ4v) is 6.22. The van der Waals surface area contributed by atoms with Gasteiger partial charge in [0.1, 0.15) is 0 Å². The van der Waals surface area contributed by atoms with Gasteiger partial charge in [0, 0.05) is 0 Å². The van der Waals surface area contributed by atoms with Crippen LogP contribution in [-0.4, -0.2) is 42.0 Å². The van der Waals surface area contributed by atoms with Crippen molar-refractivity contribution >= 4 is 27.8 Å². The molecule has 1 saturated heterocycles. The van der Waals surface area contributed by atoms with Crippen LogP contribution >= 0.6 is 0 Å². The Hall–Kier alpha value is -0.291. The summed E-state index contributed by atoms with van der Waals surface area (Å²) in [4.78, 5) is 14.6. The first-order valence-electron chi connectivity index (χ1n) is 7.29. The second-order valence-electron chi connectivity index (χ2n) is 6.93. The molecule has 2 rings (SSSR count). The molecule has 0 aliphatic carbocycles. The molecule has 2 unspecified atom stereocenters. The summed E-state index contributed by atoms with van der Waals surface area (Å²) in [5, 5.41) is 0. The summed E-state index contributed by atoms with van der Waals surface area (Å²) < 4.78 is 1.57. The number of rotatable bonds is 2.